The molecular formula is C17H13BrCl2N2O2. The van der Waals surface area contributed by atoms with E-state index in [1.165, 1.54) is 0 Å². The Morgan fingerprint density at radius 3 is 2.67 bits per heavy atom. The molecule has 3 rings (SSSR count). The summed E-state index contributed by atoms with van der Waals surface area (Å²) in [6.07, 6.45) is 0.515. The maximum Gasteiger partial charge on any atom is 0.253 e. The summed E-state index contributed by atoms with van der Waals surface area (Å²) in [5.74, 6) is -0.553. The molecule has 1 N–H and O–H groups in total. The second-order valence-corrected chi connectivity index (χ2v) is 7.11. The second-order valence-electron chi connectivity index (χ2n) is 5.38. The SMILES string of the molecule is O=C(NC1CCN(c2ccccc2Cl)C1=O)c1cc(Br)ccc1Cl. The molecule has 1 heterocycles. The van der Waals surface area contributed by atoms with Crippen LogP contribution in [0.4, 0.5) is 5.69 Å². The van der Waals surface area contributed by atoms with Crippen LogP contribution in [0.15, 0.2) is 46.9 Å². The molecule has 0 radical (unpaired) electrons. The first-order valence-corrected chi connectivity index (χ1v) is 8.84. The Labute approximate surface area is 157 Å². The molecule has 1 aliphatic rings. The van der Waals surface area contributed by atoms with Crippen molar-refractivity contribution in [1.82, 2.24) is 5.32 Å². The minimum Gasteiger partial charge on any atom is -0.340 e. The molecule has 2 aromatic rings. The highest BCUT2D eigenvalue weighted by Crippen LogP contribution is 2.29. The molecule has 1 atom stereocenters. The number of nitrogens with one attached hydrogen (secondary N) is 1. The Morgan fingerprint density at radius 1 is 1.17 bits per heavy atom. The lowest BCUT2D eigenvalue weighted by molar-refractivity contribution is -0.118. The summed E-state index contributed by atoms with van der Waals surface area (Å²) in [5.41, 5.74) is 0.983. The van der Waals surface area contributed by atoms with Gasteiger partial charge in [0.15, 0.2) is 0 Å². The summed E-state index contributed by atoms with van der Waals surface area (Å²) in [5, 5.41) is 3.60. The van der Waals surface area contributed by atoms with Gasteiger partial charge < -0.3 is 10.2 Å². The molecule has 0 bridgehead atoms. The highest BCUT2D eigenvalue weighted by molar-refractivity contribution is 9.10. The molecule has 24 heavy (non-hydrogen) atoms. The van der Waals surface area contributed by atoms with Crippen LogP contribution in [-0.2, 0) is 4.79 Å². The topological polar surface area (TPSA) is 49.4 Å². The Morgan fingerprint density at radius 2 is 1.92 bits per heavy atom. The number of carbonyl (C=O) groups is 2. The number of rotatable bonds is 3. The van der Waals surface area contributed by atoms with E-state index in [2.05, 4.69) is 21.2 Å². The lowest BCUT2D eigenvalue weighted by atomic mass is 10.2. The maximum absolute atomic E-state index is 12.6. The Bertz CT molecular complexity index is 813. The largest absolute Gasteiger partial charge is 0.340 e. The van der Waals surface area contributed by atoms with E-state index < -0.39 is 6.04 Å². The van der Waals surface area contributed by atoms with Crippen LogP contribution < -0.4 is 10.2 Å². The summed E-state index contributed by atoms with van der Waals surface area (Å²) >= 11 is 15.5. The highest BCUT2D eigenvalue weighted by atomic mass is 79.9. The molecule has 7 heteroatoms. The lowest BCUT2D eigenvalue weighted by Gasteiger charge is -2.18. The van der Waals surface area contributed by atoms with E-state index in [-0.39, 0.29) is 11.8 Å². The number of nitrogens with zero attached hydrogens (tertiary/aromatic N) is 1. The van der Waals surface area contributed by atoms with Gasteiger partial charge in [-0.15, -0.1) is 0 Å². The zero-order valence-corrected chi connectivity index (χ0v) is 15.5. The first kappa shape index (κ1) is 17.3. The van der Waals surface area contributed by atoms with Gasteiger partial charge in [-0.05, 0) is 36.8 Å². The van der Waals surface area contributed by atoms with Crippen molar-refractivity contribution >= 4 is 56.6 Å². The van der Waals surface area contributed by atoms with Gasteiger partial charge in [-0.3, -0.25) is 9.59 Å². The summed E-state index contributed by atoms with van der Waals surface area (Å²) in [6, 6.07) is 11.6. The predicted octanol–water partition coefficient (Wildman–Crippen LogP) is 4.29. The summed E-state index contributed by atoms with van der Waals surface area (Å²) in [4.78, 5) is 26.6. The molecule has 2 aromatic carbocycles. The van der Waals surface area contributed by atoms with Gasteiger partial charge in [-0.1, -0.05) is 51.3 Å². The van der Waals surface area contributed by atoms with Crippen molar-refractivity contribution < 1.29 is 9.59 Å². The molecule has 0 aliphatic carbocycles. The van der Waals surface area contributed by atoms with Crippen molar-refractivity contribution in [1.29, 1.82) is 0 Å². The monoisotopic (exact) mass is 426 g/mol. The predicted molar refractivity (Wildman–Crippen MR) is 98.8 cm³/mol. The minimum absolute atomic E-state index is 0.178. The normalized spacial score (nSPS) is 17.2. The Kier molecular flexibility index (Phi) is 5.13. The van der Waals surface area contributed by atoms with Gasteiger partial charge >= 0.3 is 0 Å². The van der Waals surface area contributed by atoms with E-state index in [0.29, 0.717) is 34.3 Å². The van der Waals surface area contributed by atoms with Gasteiger partial charge in [-0.25, -0.2) is 0 Å². The maximum atomic E-state index is 12.6. The van der Waals surface area contributed by atoms with Crippen molar-refractivity contribution in [3.8, 4) is 0 Å². The molecule has 2 amide bonds. The third kappa shape index (κ3) is 3.43. The van der Waals surface area contributed by atoms with Gasteiger partial charge in [0.2, 0.25) is 5.91 Å². The van der Waals surface area contributed by atoms with Crippen LogP contribution in [0.25, 0.3) is 0 Å². The summed E-state index contributed by atoms with van der Waals surface area (Å²) in [7, 11) is 0. The number of hydrogen-bond donors (Lipinski definition) is 1. The fraction of sp³-hybridized carbons (Fsp3) is 0.176. The van der Waals surface area contributed by atoms with Crippen LogP contribution in [0.2, 0.25) is 10.0 Å². The summed E-state index contributed by atoms with van der Waals surface area (Å²) < 4.78 is 0.743. The van der Waals surface area contributed by atoms with E-state index >= 15 is 0 Å². The number of benzene rings is 2. The molecule has 1 unspecified atom stereocenters. The lowest BCUT2D eigenvalue weighted by Crippen LogP contribution is -2.41. The van der Waals surface area contributed by atoms with Crippen molar-refractivity contribution in [2.45, 2.75) is 12.5 Å². The van der Waals surface area contributed by atoms with Crippen LogP contribution in [0.3, 0.4) is 0 Å². The Balaban J connectivity index is 1.75. The van der Waals surface area contributed by atoms with Gasteiger partial charge in [0.05, 0.1) is 21.3 Å². The van der Waals surface area contributed by atoms with Gasteiger partial charge in [0.25, 0.3) is 5.91 Å². The zero-order chi connectivity index (χ0) is 17.3. The molecule has 1 fully saturated rings. The molecule has 124 valence electrons. The van der Waals surface area contributed by atoms with E-state index in [9.17, 15) is 9.59 Å². The standard InChI is InChI=1S/C17H13BrCl2N2O2/c18-10-5-6-12(19)11(9-10)16(23)21-14-7-8-22(17(14)24)15-4-2-1-3-13(15)20/h1-6,9,14H,7-8H2,(H,21,23). The molecular weight excluding hydrogens is 415 g/mol. The Hall–Kier alpha value is -1.56. The summed E-state index contributed by atoms with van der Waals surface area (Å²) in [6.45, 7) is 0.500. The first-order chi connectivity index (χ1) is 11.5. The van der Waals surface area contributed by atoms with Crippen LogP contribution in [-0.4, -0.2) is 24.4 Å². The average Bonchev–Trinajstić information content (AvgIpc) is 2.91. The van der Waals surface area contributed by atoms with Gasteiger partial charge in [0, 0.05) is 11.0 Å². The van der Waals surface area contributed by atoms with Crippen molar-refractivity contribution in [2.75, 3.05) is 11.4 Å². The number of hydrogen-bond acceptors (Lipinski definition) is 2. The van der Waals surface area contributed by atoms with E-state index in [1.54, 1.807) is 41.3 Å². The average molecular weight is 428 g/mol. The molecule has 0 saturated carbocycles. The number of para-hydroxylation sites is 1. The van der Waals surface area contributed by atoms with Gasteiger partial charge in [0.1, 0.15) is 6.04 Å². The van der Waals surface area contributed by atoms with Crippen LogP contribution in [0, 0.1) is 0 Å². The van der Waals surface area contributed by atoms with E-state index in [4.69, 9.17) is 23.2 Å². The number of amides is 2. The smallest absolute Gasteiger partial charge is 0.253 e. The van der Waals surface area contributed by atoms with Crippen molar-refractivity contribution in [2.24, 2.45) is 0 Å². The van der Waals surface area contributed by atoms with E-state index in [0.717, 1.165) is 4.47 Å². The number of anilines is 1. The molecule has 0 aromatic heterocycles. The second kappa shape index (κ2) is 7.13. The number of halogens is 3. The fourth-order valence-electron chi connectivity index (χ4n) is 2.63. The van der Waals surface area contributed by atoms with Crippen molar-refractivity contribution in [3.63, 3.8) is 0 Å². The number of carbonyl (C=O) groups excluding carboxylic acids is 2. The molecule has 0 spiro atoms. The van der Waals surface area contributed by atoms with Crippen LogP contribution in [0.1, 0.15) is 16.8 Å². The highest BCUT2D eigenvalue weighted by Gasteiger charge is 2.34. The molecule has 1 aliphatic heterocycles. The third-order valence-corrected chi connectivity index (χ3v) is 4.97. The van der Waals surface area contributed by atoms with Crippen LogP contribution >= 0.6 is 39.1 Å². The minimum atomic E-state index is -0.594. The zero-order valence-electron chi connectivity index (χ0n) is 12.4. The third-order valence-electron chi connectivity index (χ3n) is 3.83. The van der Waals surface area contributed by atoms with Crippen LogP contribution in [0.5, 0.6) is 0 Å². The first-order valence-electron chi connectivity index (χ1n) is 7.29. The molecule has 4 nitrogen and oxygen atoms in total. The fourth-order valence-corrected chi connectivity index (χ4v) is 3.43. The molecule has 1 saturated heterocycles. The quantitative estimate of drug-likeness (QED) is 0.794. The van der Waals surface area contributed by atoms with Gasteiger partial charge in [-0.2, -0.15) is 0 Å². The van der Waals surface area contributed by atoms with Crippen molar-refractivity contribution in [3.05, 3.63) is 62.5 Å². The van der Waals surface area contributed by atoms with E-state index in [1.807, 2.05) is 6.07 Å².